The minimum Gasteiger partial charge on any atom is -0.293 e. The van der Waals surface area contributed by atoms with E-state index in [1.54, 1.807) is 0 Å². The average molecular weight is 294 g/mol. The van der Waals surface area contributed by atoms with Crippen LogP contribution in [-0.2, 0) is 0 Å². The Morgan fingerprint density at radius 3 is 2.25 bits per heavy atom. The SMILES string of the molecule is Cc1cc(C)nc(SCC(=O)c2c(F)cccc2F)n1. The van der Waals surface area contributed by atoms with Crippen molar-refractivity contribution in [3.63, 3.8) is 0 Å². The van der Waals surface area contributed by atoms with Crippen molar-refractivity contribution >= 4 is 17.5 Å². The molecule has 0 radical (unpaired) electrons. The second kappa shape index (κ2) is 6.09. The largest absolute Gasteiger partial charge is 0.293 e. The summed E-state index contributed by atoms with van der Waals surface area (Å²) in [6.07, 6.45) is 0. The summed E-state index contributed by atoms with van der Waals surface area (Å²) in [5.41, 5.74) is 1.05. The maximum absolute atomic E-state index is 13.5. The first-order chi connectivity index (χ1) is 9.47. The Kier molecular flexibility index (Phi) is 4.44. The first kappa shape index (κ1) is 14.6. The number of aromatic nitrogens is 2. The fraction of sp³-hybridized carbons (Fsp3) is 0.214. The molecule has 0 unspecified atom stereocenters. The summed E-state index contributed by atoms with van der Waals surface area (Å²) in [5, 5.41) is 0.424. The number of aryl methyl sites for hydroxylation is 2. The lowest BCUT2D eigenvalue weighted by Crippen LogP contribution is -2.09. The van der Waals surface area contributed by atoms with Crippen LogP contribution in [0.1, 0.15) is 21.7 Å². The number of hydrogen-bond acceptors (Lipinski definition) is 4. The van der Waals surface area contributed by atoms with E-state index in [2.05, 4.69) is 9.97 Å². The van der Waals surface area contributed by atoms with Crippen molar-refractivity contribution in [1.82, 2.24) is 9.97 Å². The zero-order chi connectivity index (χ0) is 14.7. The van der Waals surface area contributed by atoms with Gasteiger partial charge in [-0.1, -0.05) is 17.8 Å². The van der Waals surface area contributed by atoms with Crippen LogP contribution >= 0.6 is 11.8 Å². The fourth-order valence-electron chi connectivity index (χ4n) is 1.72. The molecule has 1 aromatic heterocycles. The van der Waals surface area contributed by atoms with Crippen molar-refractivity contribution in [2.75, 3.05) is 5.75 Å². The minimum atomic E-state index is -0.850. The third kappa shape index (κ3) is 3.39. The molecule has 1 aromatic carbocycles. The van der Waals surface area contributed by atoms with Gasteiger partial charge in [0.05, 0.1) is 11.3 Å². The van der Waals surface area contributed by atoms with Crippen LogP contribution in [-0.4, -0.2) is 21.5 Å². The molecule has 0 aliphatic carbocycles. The Hall–Kier alpha value is -1.82. The van der Waals surface area contributed by atoms with Gasteiger partial charge in [0.25, 0.3) is 0 Å². The lowest BCUT2D eigenvalue weighted by molar-refractivity contribution is 0.101. The molecule has 2 aromatic rings. The molecule has 1 heterocycles. The number of nitrogens with zero attached hydrogens (tertiary/aromatic N) is 2. The molecule has 104 valence electrons. The molecular weight excluding hydrogens is 282 g/mol. The van der Waals surface area contributed by atoms with Gasteiger partial charge in [-0.25, -0.2) is 18.7 Å². The lowest BCUT2D eigenvalue weighted by Gasteiger charge is -2.04. The number of Topliss-reactive ketones (excluding diaryl/α,β-unsaturated/α-hetero) is 1. The van der Waals surface area contributed by atoms with Crippen LogP contribution in [0.25, 0.3) is 0 Å². The number of carbonyl (C=O) groups excluding carboxylic acids is 1. The first-order valence-corrected chi connectivity index (χ1v) is 6.88. The highest BCUT2D eigenvalue weighted by Crippen LogP contribution is 2.19. The number of thioether (sulfide) groups is 1. The summed E-state index contributed by atoms with van der Waals surface area (Å²) in [6, 6.07) is 5.16. The molecule has 0 aliphatic heterocycles. The molecule has 0 spiro atoms. The topological polar surface area (TPSA) is 42.9 Å². The van der Waals surface area contributed by atoms with Gasteiger partial charge in [-0.15, -0.1) is 0 Å². The number of carbonyl (C=O) groups is 1. The lowest BCUT2D eigenvalue weighted by atomic mass is 10.1. The molecule has 0 N–H and O–H groups in total. The van der Waals surface area contributed by atoms with Gasteiger partial charge < -0.3 is 0 Å². The van der Waals surface area contributed by atoms with Crippen LogP contribution in [0.5, 0.6) is 0 Å². The minimum absolute atomic E-state index is 0.110. The van der Waals surface area contributed by atoms with E-state index in [0.717, 1.165) is 35.3 Å². The van der Waals surface area contributed by atoms with Crippen LogP contribution in [0.4, 0.5) is 8.78 Å². The Morgan fingerprint density at radius 1 is 1.15 bits per heavy atom. The number of halogens is 2. The Morgan fingerprint density at radius 2 is 1.70 bits per heavy atom. The summed E-state index contributed by atoms with van der Waals surface area (Å²) >= 11 is 1.06. The van der Waals surface area contributed by atoms with E-state index in [4.69, 9.17) is 0 Å². The van der Waals surface area contributed by atoms with Crippen LogP contribution in [0.2, 0.25) is 0 Å². The second-order valence-corrected chi connectivity index (χ2v) is 5.18. The number of hydrogen-bond donors (Lipinski definition) is 0. The molecule has 20 heavy (non-hydrogen) atoms. The van der Waals surface area contributed by atoms with Gasteiger partial charge in [-0.3, -0.25) is 4.79 Å². The zero-order valence-electron chi connectivity index (χ0n) is 11.0. The molecule has 6 heteroatoms. The van der Waals surface area contributed by atoms with Gasteiger partial charge in [-0.2, -0.15) is 0 Å². The number of rotatable bonds is 4. The predicted molar refractivity (Wildman–Crippen MR) is 72.9 cm³/mol. The van der Waals surface area contributed by atoms with Crippen molar-refractivity contribution in [2.24, 2.45) is 0 Å². The highest BCUT2D eigenvalue weighted by Gasteiger charge is 2.17. The van der Waals surface area contributed by atoms with Crippen LogP contribution in [0.3, 0.4) is 0 Å². The third-order valence-electron chi connectivity index (χ3n) is 2.54. The molecule has 0 saturated carbocycles. The summed E-state index contributed by atoms with van der Waals surface area (Å²) in [5.74, 6) is -2.43. The van der Waals surface area contributed by atoms with Gasteiger partial charge in [-0.05, 0) is 32.0 Å². The highest BCUT2D eigenvalue weighted by atomic mass is 32.2. The van der Waals surface area contributed by atoms with E-state index in [1.807, 2.05) is 19.9 Å². The second-order valence-electron chi connectivity index (χ2n) is 4.24. The number of benzene rings is 1. The van der Waals surface area contributed by atoms with Crippen LogP contribution < -0.4 is 0 Å². The Labute approximate surface area is 119 Å². The maximum atomic E-state index is 13.5. The summed E-state index contributed by atoms with van der Waals surface area (Å²) in [6.45, 7) is 3.63. The molecule has 0 saturated heterocycles. The monoisotopic (exact) mass is 294 g/mol. The van der Waals surface area contributed by atoms with Gasteiger partial charge in [0, 0.05) is 11.4 Å². The molecule has 0 atom stereocenters. The van der Waals surface area contributed by atoms with E-state index in [1.165, 1.54) is 6.07 Å². The van der Waals surface area contributed by atoms with Crippen molar-refractivity contribution in [3.8, 4) is 0 Å². The fourth-order valence-corrected chi connectivity index (χ4v) is 2.55. The normalized spacial score (nSPS) is 10.6. The van der Waals surface area contributed by atoms with Crippen molar-refractivity contribution < 1.29 is 13.6 Å². The van der Waals surface area contributed by atoms with Gasteiger partial charge in [0.2, 0.25) is 0 Å². The van der Waals surface area contributed by atoms with E-state index in [0.29, 0.717) is 5.16 Å². The Bertz CT molecular complexity index is 621. The summed E-state index contributed by atoms with van der Waals surface area (Å²) in [4.78, 5) is 20.2. The van der Waals surface area contributed by atoms with Crippen molar-refractivity contribution in [2.45, 2.75) is 19.0 Å². The van der Waals surface area contributed by atoms with E-state index < -0.39 is 23.0 Å². The molecule has 0 bridgehead atoms. The molecule has 0 aliphatic rings. The quantitative estimate of drug-likeness (QED) is 0.493. The predicted octanol–water partition coefficient (Wildman–Crippen LogP) is 3.35. The van der Waals surface area contributed by atoms with E-state index >= 15 is 0 Å². The Balaban J connectivity index is 2.13. The van der Waals surface area contributed by atoms with Gasteiger partial charge >= 0.3 is 0 Å². The summed E-state index contributed by atoms with van der Waals surface area (Å²) < 4.78 is 26.9. The standard InChI is InChI=1S/C14H12F2N2OS/c1-8-6-9(2)18-14(17-8)20-7-12(19)13-10(15)4-3-5-11(13)16/h3-6H,7H2,1-2H3. The molecule has 0 fully saturated rings. The highest BCUT2D eigenvalue weighted by molar-refractivity contribution is 7.99. The zero-order valence-corrected chi connectivity index (χ0v) is 11.8. The molecule has 2 rings (SSSR count). The van der Waals surface area contributed by atoms with Gasteiger partial charge in [0.1, 0.15) is 11.6 Å². The average Bonchev–Trinajstić information content (AvgIpc) is 2.35. The van der Waals surface area contributed by atoms with Gasteiger partial charge in [0.15, 0.2) is 10.9 Å². The number of ketones is 1. The van der Waals surface area contributed by atoms with E-state index in [-0.39, 0.29) is 5.75 Å². The van der Waals surface area contributed by atoms with Crippen LogP contribution in [0.15, 0.2) is 29.4 Å². The van der Waals surface area contributed by atoms with Crippen molar-refractivity contribution in [3.05, 3.63) is 52.9 Å². The molecule has 3 nitrogen and oxygen atoms in total. The third-order valence-corrected chi connectivity index (χ3v) is 3.38. The summed E-state index contributed by atoms with van der Waals surface area (Å²) in [7, 11) is 0. The molecule has 0 amide bonds. The van der Waals surface area contributed by atoms with Crippen LogP contribution in [0, 0.1) is 25.5 Å². The maximum Gasteiger partial charge on any atom is 0.188 e. The smallest absolute Gasteiger partial charge is 0.188 e. The first-order valence-electron chi connectivity index (χ1n) is 5.89. The molecular formula is C14H12F2N2OS. The van der Waals surface area contributed by atoms with E-state index in [9.17, 15) is 13.6 Å². The van der Waals surface area contributed by atoms with Crippen molar-refractivity contribution in [1.29, 1.82) is 0 Å².